The highest BCUT2D eigenvalue weighted by molar-refractivity contribution is 7.90. The smallest absolute Gasteiger partial charge is 0.148 e. The Kier molecular flexibility index (Phi) is 4.84. The Morgan fingerprint density at radius 2 is 2.17 bits per heavy atom. The van der Waals surface area contributed by atoms with Gasteiger partial charge >= 0.3 is 0 Å². The molecule has 3 aromatic rings. The van der Waals surface area contributed by atoms with Crippen molar-refractivity contribution in [2.75, 3.05) is 25.1 Å². The predicted molar refractivity (Wildman–Crippen MR) is 100 cm³/mol. The number of phenols is 1. The average Bonchev–Trinajstić information content (AvgIpc) is 2.99. The van der Waals surface area contributed by atoms with Gasteiger partial charge in [-0.2, -0.15) is 0 Å². The molecule has 3 rings (SSSR count). The van der Waals surface area contributed by atoms with E-state index in [4.69, 9.17) is 0 Å². The molecular weight excluding hydrogens is 344 g/mol. The minimum absolute atomic E-state index is 0.111. The van der Waals surface area contributed by atoms with Gasteiger partial charge in [0.1, 0.15) is 15.6 Å². The second-order valence-corrected chi connectivity index (χ2v) is 8.79. The lowest BCUT2D eigenvalue weighted by Crippen LogP contribution is -2.22. The van der Waals surface area contributed by atoms with Gasteiger partial charge in [-0.05, 0) is 23.6 Å². The van der Waals surface area contributed by atoms with Crippen molar-refractivity contribution in [2.45, 2.75) is 0 Å². The molecule has 0 spiro atoms. The first-order chi connectivity index (χ1) is 11.5. The Labute approximate surface area is 144 Å². The van der Waals surface area contributed by atoms with Crippen molar-refractivity contribution < 1.29 is 13.5 Å². The summed E-state index contributed by atoms with van der Waals surface area (Å²) >= 11 is 1.62. The fraction of sp³-hybridized carbons (Fsp3) is 0.235. The number of fused-ring (bicyclic) bond motifs is 3. The molecule has 0 bridgehead atoms. The molecule has 0 amide bonds. The fourth-order valence-corrected chi connectivity index (χ4v) is 3.81. The van der Waals surface area contributed by atoms with Crippen LogP contribution in [-0.4, -0.2) is 43.6 Å². The summed E-state index contributed by atoms with van der Waals surface area (Å²) in [5.74, 6) is 0.315. The van der Waals surface area contributed by atoms with E-state index in [0.29, 0.717) is 13.1 Å². The van der Waals surface area contributed by atoms with Crippen molar-refractivity contribution in [3.8, 4) is 5.75 Å². The van der Waals surface area contributed by atoms with Crippen LogP contribution in [0, 0.1) is 0 Å². The van der Waals surface area contributed by atoms with Crippen LogP contribution < -0.4 is 5.32 Å². The molecule has 5 nitrogen and oxygen atoms in total. The molecular formula is C17H18N2O3S2. The highest BCUT2D eigenvalue weighted by Crippen LogP contribution is 2.34. The summed E-state index contributed by atoms with van der Waals surface area (Å²) in [6.07, 6.45) is 6.79. The van der Waals surface area contributed by atoms with E-state index in [1.807, 2.05) is 35.9 Å². The molecule has 7 heteroatoms. The molecule has 126 valence electrons. The van der Waals surface area contributed by atoms with Gasteiger partial charge in [0, 0.05) is 41.9 Å². The third-order valence-corrected chi connectivity index (χ3v) is 5.48. The van der Waals surface area contributed by atoms with Crippen LogP contribution in [0.5, 0.6) is 5.75 Å². The summed E-state index contributed by atoms with van der Waals surface area (Å²) < 4.78 is 23.2. The quantitative estimate of drug-likeness (QED) is 0.659. The Hall–Kier alpha value is -1.96. The first-order valence-electron chi connectivity index (χ1n) is 7.48. The van der Waals surface area contributed by atoms with E-state index in [0.717, 1.165) is 26.6 Å². The first-order valence-corrected chi connectivity index (χ1v) is 10.4. The number of sulfone groups is 1. The Morgan fingerprint density at radius 1 is 1.33 bits per heavy atom. The zero-order valence-electron chi connectivity index (χ0n) is 13.2. The monoisotopic (exact) mass is 362 g/mol. The molecule has 0 aliphatic rings. The third kappa shape index (κ3) is 3.75. The number of nitrogens with one attached hydrogen (secondary N) is 1. The second kappa shape index (κ2) is 6.88. The van der Waals surface area contributed by atoms with Crippen molar-refractivity contribution in [3.63, 3.8) is 0 Å². The van der Waals surface area contributed by atoms with Gasteiger partial charge in [0.2, 0.25) is 0 Å². The van der Waals surface area contributed by atoms with E-state index in [-0.39, 0.29) is 11.5 Å². The molecule has 0 aliphatic heterocycles. The zero-order chi connectivity index (χ0) is 17.2. The van der Waals surface area contributed by atoms with Crippen molar-refractivity contribution in [3.05, 3.63) is 41.4 Å². The molecule has 0 saturated carbocycles. The topological polar surface area (TPSA) is 79.3 Å². The number of nitrogens with zero attached hydrogens (tertiary/aromatic N) is 1. The van der Waals surface area contributed by atoms with Crippen LogP contribution in [0.25, 0.3) is 27.1 Å². The van der Waals surface area contributed by atoms with E-state index in [1.165, 1.54) is 6.26 Å². The van der Waals surface area contributed by atoms with E-state index in [9.17, 15) is 13.5 Å². The van der Waals surface area contributed by atoms with Crippen LogP contribution in [0.4, 0.5) is 0 Å². The van der Waals surface area contributed by atoms with Crippen LogP contribution in [-0.2, 0) is 9.84 Å². The SMILES string of the molecule is CS(=O)(=O)CCNC/C=C/c1c(O)ccc2ncc3sccc3c12. The maximum absolute atomic E-state index is 11.1. The maximum atomic E-state index is 11.1. The van der Waals surface area contributed by atoms with Gasteiger partial charge in [0.05, 0.1) is 16.0 Å². The highest BCUT2D eigenvalue weighted by atomic mass is 32.2. The van der Waals surface area contributed by atoms with Crippen molar-refractivity contribution >= 4 is 48.2 Å². The summed E-state index contributed by atoms with van der Waals surface area (Å²) in [6, 6.07) is 5.49. The van der Waals surface area contributed by atoms with Crippen LogP contribution in [0.1, 0.15) is 5.56 Å². The minimum Gasteiger partial charge on any atom is -0.507 e. The summed E-state index contributed by atoms with van der Waals surface area (Å²) in [7, 11) is -2.95. The van der Waals surface area contributed by atoms with Gasteiger partial charge in [-0.25, -0.2) is 8.42 Å². The Bertz CT molecular complexity index is 1010. The third-order valence-electron chi connectivity index (χ3n) is 3.68. The van der Waals surface area contributed by atoms with Gasteiger partial charge in [-0.15, -0.1) is 11.3 Å². The van der Waals surface area contributed by atoms with E-state index in [2.05, 4.69) is 10.3 Å². The normalized spacial score (nSPS) is 12.5. The van der Waals surface area contributed by atoms with Crippen molar-refractivity contribution in [1.29, 1.82) is 0 Å². The number of aromatic nitrogens is 1. The molecule has 0 atom stereocenters. The Morgan fingerprint density at radius 3 is 2.96 bits per heavy atom. The largest absolute Gasteiger partial charge is 0.507 e. The number of rotatable bonds is 6. The van der Waals surface area contributed by atoms with Gasteiger partial charge in [-0.1, -0.05) is 12.2 Å². The minimum atomic E-state index is -2.95. The number of pyridine rings is 1. The molecule has 1 aromatic carbocycles. The number of phenolic OH excluding ortho intramolecular Hbond substituents is 1. The van der Waals surface area contributed by atoms with Gasteiger partial charge in [-0.3, -0.25) is 4.98 Å². The summed E-state index contributed by atoms with van der Waals surface area (Å²) in [5.41, 5.74) is 1.57. The fourth-order valence-electron chi connectivity index (χ4n) is 2.53. The lowest BCUT2D eigenvalue weighted by Gasteiger charge is -2.06. The molecule has 0 fully saturated rings. The average molecular weight is 362 g/mol. The molecule has 24 heavy (non-hydrogen) atoms. The van der Waals surface area contributed by atoms with Gasteiger partial charge in [0.15, 0.2) is 0 Å². The number of hydrogen-bond donors (Lipinski definition) is 2. The van der Waals surface area contributed by atoms with E-state index >= 15 is 0 Å². The summed E-state index contributed by atoms with van der Waals surface area (Å²) in [4.78, 5) is 4.45. The van der Waals surface area contributed by atoms with Crippen molar-refractivity contribution in [2.24, 2.45) is 0 Å². The zero-order valence-corrected chi connectivity index (χ0v) is 14.8. The van der Waals surface area contributed by atoms with Crippen LogP contribution in [0.15, 0.2) is 35.9 Å². The van der Waals surface area contributed by atoms with Crippen LogP contribution >= 0.6 is 11.3 Å². The lowest BCUT2D eigenvalue weighted by molar-refractivity contribution is 0.475. The predicted octanol–water partition coefficient (Wildman–Crippen LogP) is 2.80. The molecule has 0 aliphatic carbocycles. The molecule has 0 unspecified atom stereocenters. The van der Waals surface area contributed by atoms with Crippen LogP contribution in [0.2, 0.25) is 0 Å². The first kappa shape index (κ1) is 16.9. The number of hydrogen-bond acceptors (Lipinski definition) is 6. The standard InChI is InChI=1S/C17H18N2O3S2/c1-24(21,22)10-8-18-7-2-3-12-15(20)5-4-14-17(12)13-6-9-23-16(13)11-19-14/h2-6,9,11,18,20H,7-8,10H2,1H3/b3-2+. The maximum Gasteiger partial charge on any atom is 0.148 e. The molecule has 2 N–H and O–H groups in total. The molecule has 2 aromatic heterocycles. The summed E-state index contributed by atoms with van der Waals surface area (Å²) in [6.45, 7) is 0.930. The summed E-state index contributed by atoms with van der Waals surface area (Å²) in [5, 5.41) is 17.3. The van der Waals surface area contributed by atoms with Gasteiger partial charge in [0.25, 0.3) is 0 Å². The molecule has 0 saturated heterocycles. The lowest BCUT2D eigenvalue weighted by atomic mass is 10.0. The molecule has 2 heterocycles. The number of aromatic hydroxyl groups is 1. The van der Waals surface area contributed by atoms with Crippen LogP contribution in [0.3, 0.4) is 0 Å². The highest BCUT2D eigenvalue weighted by Gasteiger charge is 2.10. The second-order valence-electron chi connectivity index (χ2n) is 5.59. The van der Waals surface area contributed by atoms with E-state index < -0.39 is 9.84 Å². The number of thiophene rings is 1. The molecule has 0 radical (unpaired) electrons. The number of benzene rings is 1. The Balaban J connectivity index is 1.84. The van der Waals surface area contributed by atoms with Crippen molar-refractivity contribution in [1.82, 2.24) is 10.3 Å². The van der Waals surface area contributed by atoms with Gasteiger partial charge < -0.3 is 10.4 Å². The van der Waals surface area contributed by atoms with E-state index in [1.54, 1.807) is 17.4 Å².